The van der Waals surface area contributed by atoms with Crippen LogP contribution in [-0.2, 0) is 18.5 Å². The van der Waals surface area contributed by atoms with E-state index in [1.54, 1.807) is 11.3 Å². The molecule has 6 heteroatoms. The number of thiophene rings is 1. The maximum Gasteiger partial charge on any atom is 0.232 e. The minimum Gasteiger partial charge on any atom is -0.339 e. The Morgan fingerprint density at radius 3 is 2.36 bits per heavy atom. The maximum atomic E-state index is 5.36. The molecule has 0 saturated carbocycles. The summed E-state index contributed by atoms with van der Waals surface area (Å²) < 4.78 is 5.36. The van der Waals surface area contributed by atoms with Crippen LogP contribution in [-0.4, -0.2) is 46.1 Å². The van der Waals surface area contributed by atoms with Crippen LogP contribution < -0.4 is 0 Å². The van der Waals surface area contributed by atoms with Crippen molar-refractivity contribution >= 4 is 11.3 Å². The maximum absolute atomic E-state index is 5.36. The summed E-state index contributed by atoms with van der Waals surface area (Å²) in [6.07, 6.45) is 0. The van der Waals surface area contributed by atoms with Crippen LogP contribution in [0.5, 0.6) is 0 Å². The highest BCUT2D eigenvalue weighted by Crippen LogP contribution is 2.20. The summed E-state index contributed by atoms with van der Waals surface area (Å²) in [6, 6.07) is 2.21. The number of piperazine rings is 1. The second-order valence-corrected chi connectivity index (χ2v) is 7.73. The number of nitrogens with zero attached hydrogens (tertiary/aromatic N) is 4. The fraction of sp³-hybridized carbons (Fsp3) is 0.625. The van der Waals surface area contributed by atoms with Gasteiger partial charge in [-0.25, -0.2) is 0 Å². The third kappa shape index (κ3) is 3.94. The van der Waals surface area contributed by atoms with Crippen LogP contribution in [0, 0.1) is 0 Å². The normalized spacial score (nSPS) is 18.0. The molecule has 2 aromatic heterocycles. The zero-order valence-corrected chi connectivity index (χ0v) is 14.4. The van der Waals surface area contributed by atoms with Crippen molar-refractivity contribution in [1.29, 1.82) is 0 Å². The predicted molar refractivity (Wildman–Crippen MR) is 87.9 cm³/mol. The van der Waals surface area contributed by atoms with Gasteiger partial charge in [-0.05, 0) is 22.4 Å². The molecular formula is C16H24N4OS. The second kappa shape index (κ2) is 6.48. The summed E-state index contributed by atoms with van der Waals surface area (Å²) in [6.45, 7) is 12.4. The highest BCUT2D eigenvalue weighted by Gasteiger charge is 2.23. The second-order valence-electron chi connectivity index (χ2n) is 6.95. The molecule has 1 aliphatic rings. The molecule has 3 heterocycles. The van der Waals surface area contributed by atoms with E-state index in [-0.39, 0.29) is 5.41 Å². The van der Waals surface area contributed by atoms with E-state index in [1.165, 1.54) is 5.56 Å². The van der Waals surface area contributed by atoms with Crippen LogP contribution in [0.15, 0.2) is 21.3 Å². The zero-order valence-electron chi connectivity index (χ0n) is 13.6. The van der Waals surface area contributed by atoms with E-state index in [4.69, 9.17) is 4.52 Å². The molecule has 1 fully saturated rings. The van der Waals surface area contributed by atoms with E-state index in [0.29, 0.717) is 0 Å². The van der Waals surface area contributed by atoms with Crippen molar-refractivity contribution in [3.8, 4) is 0 Å². The third-order valence-electron chi connectivity index (χ3n) is 3.93. The van der Waals surface area contributed by atoms with E-state index >= 15 is 0 Å². The van der Waals surface area contributed by atoms with Gasteiger partial charge in [0.2, 0.25) is 5.89 Å². The number of rotatable bonds is 4. The van der Waals surface area contributed by atoms with E-state index in [0.717, 1.165) is 51.0 Å². The van der Waals surface area contributed by atoms with Crippen molar-refractivity contribution in [2.75, 3.05) is 26.2 Å². The van der Waals surface area contributed by atoms with Gasteiger partial charge in [-0.15, -0.1) is 0 Å². The minimum absolute atomic E-state index is 0.0789. The summed E-state index contributed by atoms with van der Waals surface area (Å²) in [5.74, 6) is 1.52. The Bertz CT molecular complexity index is 580. The van der Waals surface area contributed by atoms with Crippen molar-refractivity contribution in [3.05, 3.63) is 34.1 Å². The Morgan fingerprint density at radius 1 is 1.14 bits per heavy atom. The van der Waals surface area contributed by atoms with Crippen LogP contribution in [0.3, 0.4) is 0 Å². The lowest BCUT2D eigenvalue weighted by Crippen LogP contribution is -2.45. The lowest BCUT2D eigenvalue weighted by molar-refractivity contribution is 0.119. The predicted octanol–water partition coefficient (Wildman–Crippen LogP) is 2.75. The third-order valence-corrected chi connectivity index (χ3v) is 4.66. The van der Waals surface area contributed by atoms with E-state index in [2.05, 4.69) is 57.5 Å². The SMILES string of the molecule is CC(C)(C)c1nc(CN2CCN(Cc3ccsc3)CC2)no1. The molecule has 0 aliphatic carbocycles. The molecule has 1 aliphatic heterocycles. The van der Waals surface area contributed by atoms with Crippen molar-refractivity contribution in [1.82, 2.24) is 19.9 Å². The van der Waals surface area contributed by atoms with Gasteiger partial charge < -0.3 is 4.52 Å². The monoisotopic (exact) mass is 320 g/mol. The minimum atomic E-state index is -0.0789. The van der Waals surface area contributed by atoms with Crippen LogP contribution in [0.4, 0.5) is 0 Å². The van der Waals surface area contributed by atoms with Gasteiger partial charge in [0.25, 0.3) is 0 Å². The van der Waals surface area contributed by atoms with E-state index < -0.39 is 0 Å². The number of aromatic nitrogens is 2. The highest BCUT2D eigenvalue weighted by atomic mass is 32.1. The molecule has 120 valence electrons. The lowest BCUT2D eigenvalue weighted by atomic mass is 9.97. The highest BCUT2D eigenvalue weighted by molar-refractivity contribution is 7.07. The molecule has 2 aromatic rings. The van der Waals surface area contributed by atoms with Crippen LogP contribution in [0.1, 0.15) is 38.0 Å². The Hall–Kier alpha value is -1.24. The first kappa shape index (κ1) is 15.6. The molecule has 3 rings (SSSR count). The fourth-order valence-electron chi connectivity index (χ4n) is 2.57. The van der Waals surface area contributed by atoms with Gasteiger partial charge in [-0.3, -0.25) is 9.80 Å². The van der Waals surface area contributed by atoms with Crippen molar-refractivity contribution in [3.63, 3.8) is 0 Å². The smallest absolute Gasteiger partial charge is 0.232 e. The Labute approximate surface area is 135 Å². The first-order chi connectivity index (χ1) is 10.5. The van der Waals surface area contributed by atoms with Crippen LogP contribution in [0.25, 0.3) is 0 Å². The van der Waals surface area contributed by atoms with E-state index in [9.17, 15) is 0 Å². The Morgan fingerprint density at radius 2 is 1.82 bits per heavy atom. The summed E-state index contributed by atoms with van der Waals surface area (Å²) in [5, 5.41) is 8.50. The Balaban J connectivity index is 1.48. The lowest BCUT2D eigenvalue weighted by Gasteiger charge is -2.33. The van der Waals surface area contributed by atoms with Gasteiger partial charge in [-0.2, -0.15) is 16.3 Å². The van der Waals surface area contributed by atoms with Gasteiger partial charge in [0.05, 0.1) is 6.54 Å². The molecule has 0 unspecified atom stereocenters. The first-order valence-corrected chi connectivity index (χ1v) is 8.74. The average Bonchev–Trinajstić information content (AvgIpc) is 3.12. The summed E-state index contributed by atoms with van der Waals surface area (Å²) in [7, 11) is 0. The van der Waals surface area contributed by atoms with Crippen molar-refractivity contribution < 1.29 is 4.52 Å². The molecule has 0 bridgehead atoms. The number of hydrogen-bond donors (Lipinski definition) is 0. The molecule has 1 saturated heterocycles. The van der Waals surface area contributed by atoms with Gasteiger partial charge in [-0.1, -0.05) is 25.9 Å². The first-order valence-electron chi connectivity index (χ1n) is 7.79. The molecule has 0 spiro atoms. The standard InChI is InChI=1S/C16H24N4OS/c1-16(2,3)15-17-14(18-21-15)11-20-7-5-19(6-8-20)10-13-4-9-22-12-13/h4,9,12H,5-8,10-11H2,1-3H3. The Kier molecular flexibility index (Phi) is 4.61. The molecule has 0 radical (unpaired) electrons. The van der Waals surface area contributed by atoms with Gasteiger partial charge in [0.15, 0.2) is 5.82 Å². The quantitative estimate of drug-likeness (QED) is 0.867. The largest absolute Gasteiger partial charge is 0.339 e. The summed E-state index contributed by atoms with van der Waals surface area (Å²) >= 11 is 1.77. The van der Waals surface area contributed by atoms with Crippen molar-refractivity contribution in [2.45, 2.75) is 39.3 Å². The molecule has 0 aromatic carbocycles. The molecular weight excluding hydrogens is 296 g/mol. The van der Waals surface area contributed by atoms with E-state index in [1.807, 2.05) is 0 Å². The average molecular weight is 320 g/mol. The summed E-state index contributed by atoms with van der Waals surface area (Å²) in [4.78, 5) is 9.44. The van der Waals surface area contributed by atoms with Gasteiger partial charge in [0, 0.05) is 38.1 Å². The topological polar surface area (TPSA) is 45.4 Å². The molecule has 22 heavy (non-hydrogen) atoms. The van der Waals surface area contributed by atoms with Crippen LogP contribution >= 0.6 is 11.3 Å². The van der Waals surface area contributed by atoms with Gasteiger partial charge in [0.1, 0.15) is 0 Å². The van der Waals surface area contributed by atoms with Gasteiger partial charge >= 0.3 is 0 Å². The molecule has 0 amide bonds. The zero-order chi connectivity index (χ0) is 15.6. The molecule has 5 nitrogen and oxygen atoms in total. The van der Waals surface area contributed by atoms with Crippen molar-refractivity contribution in [2.24, 2.45) is 0 Å². The summed E-state index contributed by atoms with van der Waals surface area (Å²) in [5.41, 5.74) is 1.34. The number of hydrogen-bond acceptors (Lipinski definition) is 6. The molecule has 0 atom stereocenters. The fourth-order valence-corrected chi connectivity index (χ4v) is 3.23. The van der Waals surface area contributed by atoms with Crippen LogP contribution in [0.2, 0.25) is 0 Å². The molecule has 0 N–H and O–H groups in total.